The molecule has 0 spiro atoms. The first-order chi connectivity index (χ1) is 16.9. The number of rotatable bonds is 4. The molecule has 3 aromatic rings. The van der Waals surface area contributed by atoms with E-state index in [2.05, 4.69) is 10.3 Å². The number of halogens is 2. The number of ether oxygens (including phenoxy) is 1. The molecule has 35 heavy (non-hydrogen) atoms. The van der Waals surface area contributed by atoms with Crippen LogP contribution in [0.25, 0.3) is 0 Å². The van der Waals surface area contributed by atoms with Crippen molar-refractivity contribution < 1.29 is 23.1 Å². The number of benzene rings is 2. The van der Waals surface area contributed by atoms with Crippen molar-refractivity contribution in [3.63, 3.8) is 0 Å². The molecule has 1 aromatic heterocycles. The zero-order valence-electron chi connectivity index (χ0n) is 19.3. The lowest BCUT2D eigenvalue weighted by atomic mass is 9.95. The second-order valence-corrected chi connectivity index (χ2v) is 9.08. The fraction of sp³-hybridized carbons (Fsp3) is 0.346. The van der Waals surface area contributed by atoms with Crippen molar-refractivity contribution in [2.45, 2.75) is 39.0 Å². The van der Waals surface area contributed by atoms with E-state index in [0.29, 0.717) is 43.9 Å². The molecule has 1 N–H and O–H groups in total. The van der Waals surface area contributed by atoms with E-state index in [-0.39, 0.29) is 41.9 Å². The van der Waals surface area contributed by atoms with Gasteiger partial charge in [0.25, 0.3) is 5.91 Å². The zero-order valence-corrected chi connectivity index (χ0v) is 19.3. The topological polar surface area (TPSA) is 76.5 Å². The fourth-order valence-corrected chi connectivity index (χ4v) is 4.64. The van der Waals surface area contributed by atoms with Crippen LogP contribution in [-0.4, -0.2) is 39.4 Å². The highest BCUT2D eigenvalue weighted by Gasteiger charge is 2.32. The molecule has 1 saturated heterocycles. The van der Waals surface area contributed by atoms with E-state index < -0.39 is 5.82 Å². The standard InChI is InChI=1S/C26H26F2N4O3/c1-16-2-7-21(20(28)12-16)30-25(33)18-8-10-31(11-9-18)26(34)24-22-14-35-23(13-32(22)15-29-24)17-3-5-19(27)6-4-17/h2-7,12,15,18,23H,8-11,13-14H2,1H3,(H,30,33)/t23-/m1/s1. The maximum absolute atomic E-state index is 14.1. The molecule has 0 unspecified atom stereocenters. The van der Waals surface area contributed by atoms with E-state index in [9.17, 15) is 18.4 Å². The average molecular weight is 481 g/mol. The monoisotopic (exact) mass is 480 g/mol. The van der Waals surface area contributed by atoms with Crippen molar-refractivity contribution >= 4 is 17.5 Å². The van der Waals surface area contributed by atoms with Gasteiger partial charge in [0.1, 0.15) is 17.7 Å². The van der Waals surface area contributed by atoms with Crippen LogP contribution in [0.15, 0.2) is 48.8 Å². The van der Waals surface area contributed by atoms with Crippen molar-refractivity contribution in [3.8, 4) is 0 Å². The third kappa shape index (κ3) is 4.81. The van der Waals surface area contributed by atoms with E-state index in [1.165, 1.54) is 18.2 Å². The van der Waals surface area contributed by atoms with Gasteiger partial charge >= 0.3 is 0 Å². The maximum atomic E-state index is 14.1. The first-order valence-electron chi connectivity index (χ1n) is 11.7. The summed E-state index contributed by atoms with van der Waals surface area (Å²) in [5.41, 5.74) is 2.88. The third-order valence-corrected chi connectivity index (χ3v) is 6.71. The van der Waals surface area contributed by atoms with Crippen LogP contribution in [-0.2, 0) is 22.7 Å². The molecule has 0 bridgehead atoms. The number of aryl methyl sites for hydroxylation is 1. The van der Waals surface area contributed by atoms with Crippen LogP contribution < -0.4 is 5.32 Å². The number of nitrogens with one attached hydrogen (secondary N) is 1. The van der Waals surface area contributed by atoms with E-state index in [1.54, 1.807) is 42.4 Å². The number of anilines is 1. The van der Waals surface area contributed by atoms with Crippen LogP contribution in [0.3, 0.4) is 0 Å². The number of piperidine rings is 1. The molecule has 2 aliphatic heterocycles. The second-order valence-electron chi connectivity index (χ2n) is 9.08. The molecular formula is C26H26F2N4O3. The molecule has 9 heteroatoms. The quantitative estimate of drug-likeness (QED) is 0.606. The first kappa shape index (κ1) is 23.2. The molecule has 0 radical (unpaired) electrons. The van der Waals surface area contributed by atoms with E-state index in [1.807, 2.05) is 4.57 Å². The van der Waals surface area contributed by atoms with Crippen LogP contribution in [0.4, 0.5) is 14.5 Å². The van der Waals surface area contributed by atoms with Crippen molar-refractivity contribution in [2.24, 2.45) is 5.92 Å². The number of imidazole rings is 1. The molecule has 1 atom stereocenters. The Kier molecular flexibility index (Phi) is 6.34. The zero-order chi connectivity index (χ0) is 24.5. The molecule has 3 heterocycles. The lowest BCUT2D eigenvalue weighted by molar-refractivity contribution is -0.121. The molecule has 5 rings (SSSR count). The van der Waals surface area contributed by atoms with Gasteiger partial charge in [-0.1, -0.05) is 18.2 Å². The number of amides is 2. The SMILES string of the molecule is Cc1ccc(NC(=O)C2CCN(C(=O)c3ncn4c3CO[C@@H](c3ccc(F)cc3)C4)CC2)c(F)c1. The Balaban J connectivity index is 1.19. The molecule has 7 nitrogen and oxygen atoms in total. The third-order valence-electron chi connectivity index (χ3n) is 6.71. The molecule has 2 aromatic carbocycles. The Morgan fingerprint density at radius 2 is 1.83 bits per heavy atom. The van der Waals surface area contributed by atoms with Crippen molar-refractivity contribution in [1.29, 1.82) is 0 Å². The Morgan fingerprint density at radius 3 is 2.54 bits per heavy atom. The Labute approximate surface area is 201 Å². The maximum Gasteiger partial charge on any atom is 0.274 e. The summed E-state index contributed by atoms with van der Waals surface area (Å²) in [5, 5.41) is 2.67. The summed E-state index contributed by atoms with van der Waals surface area (Å²) in [6, 6.07) is 10.9. The summed E-state index contributed by atoms with van der Waals surface area (Å²) in [6.07, 6.45) is 2.37. The fourth-order valence-electron chi connectivity index (χ4n) is 4.64. The minimum atomic E-state index is -0.459. The second kappa shape index (κ2) is 9.58. The van der Waals surface area contributed by atoms with Crippen molar-refractivity contribution in [1.82, 2.24) is 14.5 Å². The number of carbonyl (C=O) groups is 2. The number of carbonyl (C=O) groups excluding carboxylic acids is 2. The molecule has 2 amide bonds. The Morgan fingerprint density at radius 1 is 1.09 bits per heavy atom. The number of hydrogen-bond donors (Lipinski definition) is 1. The molecule has 0 saturated carbocycles. The summed E-state index contributed by atoms with van der Waals surface area (Å²) >= 11 is 0. The van der Waals surface area contributed by atoms with E-state index in [0.717, 1.165) is 11.1 Å². The smallest absolute Gasteiger partial charge is 0.274 e. The molecule has 182 valence electrons. The minimum absolute atomic E-state index is 0.169. The van der Waals surface area contributed by atoms with Gasteiger partial charge in [-0.15, -0.1) is 0 Å². The van der Waals surface area contributed by atoms with Crippen LogP contribution >= 0.6 is 0 Å². The summed E-state index contributed by atoms with van der Waals surface area (Å²) in [7, 11) is 0. The summed E-state index contributed by atoms with van der Waals surface area (Å²) in [4.78, 5) is 31.9. The van der Waals surface area contributed by atoms with Crippen LogP contribution in [0.5, 0.6) is 0 Å². The van der Waals surface area contributed by atoms with Gasteiger partial charge in [-0.3, -0.25) is 9.59 Å². The predicted octanol–water partition coefficient (Wildman–Crippen LogP) is 4.23. The molecule has 1 fully saturated rings. The van der Waals surface area contributed by atoms with E-state index in [4.69, 9.17) is 4.74 Å². The number of nitrogens with zero attached hydrogens (tertiary/aromatic N) is 3. The van der Waals surface area contributed by atoms with Gasteiger partial charge in [0.2, 0.25) is 5.91 Å². The predicted molar refractivity (Wildman–Crippen MR) is 125 cm³/mol. The van der Waals surface area contributed by atoms with Gasteiger partial charge in [-0.25, -0.2) is 13.8 Å². The van der Waals surface area contributed by atoms with Crippen LogP contribution in [0, 0.1) is 24.5 Å². The molecular weight excluding hydrogens is 454 g/mol. The van der Waals surface area contributed by atoms with Gasteiger partial charge in [0.05, 0.1) is 30.9 Å². The van der Waals surface area contributed by atoms with Gasteiger partial charge < -0.3 is 19.5 Å². The van der Waals surface area contributed by atoms with Gasteiger partial charge in [0, 0.05) is 19.0 Å². The largest absolute Gasteiger partial charge is 0.365 e. The number of likely N-dealkylation sites (tertiary alicyclic amines) is 1. The molecule has 0 aliphatic carbocycles. The van der Waals surface area contributed by atoms with E-state index >= 15 is 0 Å². The molecule has 2 aliphatic rings. The van der Waals surface area contributed by atoms with Crippen LogP contribution in [0.2, 0.25) is 0 Å². The number of fused-ring (bicyclic) bond motifs is 1. The van der Waals surface area contributed by atoms with Gasteiger partial charge in [-0.05, 0) is 55.2 Å². The van der Waals surface area contributed by atoms with Crippen molar-refractivity contribution in [2.75, 3.05) is 18.4 Å². The number of hydrogen-bond acceptors (Lipinski definition) is 4. The summed E-state index contributed by atoms with van der Waals surface area (Å²) in [5.74, 6) is -1.48. The Hall–Kier alpha value is -3.59. The lowest BCUT2D eigenvalue weighted by Gasteiger charge is -2.31. The van der Waals surface area contributed by atoms with Gasteiger partial charge in [0.15, 0.2) is 5.69 Å². The Bertz CT molecular complexity index is 1250. The highest BCUT2D eigenvalue weighted by atomic mass is 19.1. The number of aromatic nitrogens is 2. The minimum Gasteiger partial charge on any atom is -0.365 e. The normalized spacial score (nSPS) is 18.3. The first-order valence-corrected chi connectivity index (χ1v) is 11.7. The summed E-state index contributed by atoms with van der Waals surface area (Å²) < 4.78 is 35.2. The highest BCUT2D eigenvalue weighted by molar-refractivity contribution is 5.95. The van der Waals surface area contributed by atoms with Crippen molar-refractivity contribution in [3.05, 3.63) is 82.9 Å². The summed E-state index contributed by atoms with van der Waals surface area (Å²) in [6.45, 7) is 3.33. The highest BCUT2D eigenvalue weighted by Crippen LogP contribution is 2.29. The average Bonchev–Trinajstić information content (AvgIpc) is 3.29. The lowest BCUT2D eigenvalue weighted by Crippen LogP contribution is -2.42. The van der Waals surface area contributed by atoms with Gasteiger partial charge in [-0.2, -0.15) is 0 Å². The van der Waals surface area contributed by atoms with Crippen LogP contribution in [0.1, 0.15) is 46.3 Å².